The van der Waals surface area contributed by atoms with Gasteiger partial charge in [-0.3, -0.25) is 14.5 Å². The summed E-state index contributed by atoms with van der Waals surface area (Å²) in [4.78, 5) is 25.9. The Hall–Kier alpha value is -3.85. The molecule has 0 fully saturated rings. The Balaban J connectivity index is 2.01. The standard InChI is InChI=1S/C25H28N6O2S/c1-15-7-6-8-16(2)23(15)20-12-22(30-25(29-20)31-34-19(13-26)14-27-4)33-21-10-9-18(11-17(21)3)24(32)28-5/h6-14H,26H2,1-5H3,(H,28,32)(H,29,30,31). The molecule has 0 saturated heterocycles. The van der Waals surface area contributed by atoms with E-state index in [1.165, 1.54) is 18.1 Å². The van der Waals surface area contributed by atoms with Crippen molar-refractivity contribution < 1.29 is 9.53 Å². The third-order valence-electron chi connectivity index (χ3n) is 5.00. The zero-order valence-electron chi connectivity index (χ0n) is 19.8. The van der Waals surface area contributed by atoms with Gasteiger partial charge in [0.1, 0.15) is 5.75 Å². The maximum atomic E-state index is 11.9. The molecule has 0 aliphatic rings. The summed E-state index contributed by atoms with van der Waals surface area (Å²) in [5.41, 5.74) is 11.0. The predicted octanol–water partition coefficient (Wildman–Crippen LogP) is 4.78. The Labute approximate surface area is 203 Å². The zero-order valence-corrected chi connectivity index (χ0v) is 20.7. The van der Waals surface area contributed by atoms with Crippen LogP contribution < -0.4 is 20.5 Å². The second-order valence-electron chi connectivity index (χ2n) is 7.50. The average molecular weight is 477 g/mol. The van der Waals surface area contributed by atoms with Gasteiger partial charge in [0, 0.05) is 43.7 Å². The van der Waals surface area contributed by atoms with E-state index >= 15 is 0 Å². The zero-order chi connectivity index (χ0) is 24.7. The van der Waals surface area contributed by atoms with Crippen LogP contribution in [-0.2, 0) is 0 Å². The maximum Gasteiger partial charge on any atom is 0.251 e. The average Bonchev–Trinajstić information content (AvgIpc) is 2.82. The Morgan fingerprint density at radius 1 is 1.09 bits per heavy atom. The Bertz CT molecular complexity index is 1240. The van der Waals surface area contributed by atoms with Crippen LogP contribution in [0.1, 0.15) is 27.0 Å². The van der Waals surface area contributed by atoms with Gasteiger partial charge in [-0.05, 0) is 67.6 Å². The lowest BCUT2D eigenvalue weighted by Gasteiger charge is -2.14. The van der Waals surface area contributed by atoms with Crippen LogP contribution in [-0.4, -0.2) is 36.2 Å². The number of allylic oxidation sites excluding steroid dienone is 1. The molecule has 3 aromatic rings. The molecule has 0 radical (unpaired) electrons. The molecule has 0 aliphatic heterocycles. The van der Waals surface area contributed by atoms with E-state index in [9.17, 15) is 4.79 Å². The molecule has 1 aromatic heterocycles. The summed E-state index contributed by atoms with van der Waals surface area (Å²) in [6, 6.07) is 13.2. The number of benzene rings is 2. The Kier molecular flexibility index (Phi) is 8.26. The van der Waals surface area contributed by atoms with Crippen molar-refractivity contribution in [2.24, 2.45) is 10.7 Å². The molecule has 0 spiro atoms. The number of anilines is 1. The topological polar surface area (TPSA) is 115 Å². The highest BCUT2D eigenvalue weighted by Crippen LogP contribution is 2.32. The van der Waals surface area contributed by atoms with Gasteiger partial charge in [0.15, 0.2) is 0 Å². The first-order valence-corrected chi connectivity index (χ1v) is 11.4. The number of carbonyl (C=O) groups is 1. The molecule has 34 heavy (non-hydrogen) atoms. The minimum Gasteiger partial charge on any atom is -0.439 e. The number of carbonyl (C=O) groups excluding carboxylic acids is 1. The molecule has 176 valence electrons. The lowest BCUT2D eigenvalue weighted by Crippen LogP contribution is -2.17. The van der Waals surface area contributed by atoms with E-state index in [0.717, 1.165) is 27.9 Å². The first-order valence-electron chi connectivity index (χ1n) is 10.6. The number of aliphatic imine (C=N–C) groups is 1. The molecule has 0 unspecified atom stereocenters. The third-order valence-corrected chi connectivity index (χ3v) is 5.76. The van der Waals surface area contributed by atoms with Gasteiger partial charge < -0.3 is 15.8 Å². The van der Waals surface area contributed by atoms with Crippen LogP contribution in [0.25, 0.3) is 11.3 Å². The highest BCUT2D eigenvalue weighted by molar-refractivity contribution is 8.05. The summed E-state index contributed by atoms with van der Waals surface area (Å²) in [7, 11) is 3.27. The van der Waals surface area contributed by atoms with Crippen molar-refractivity contribution in [1.82, 2.24) is 15.3 Å². The van der Waals surface area contributed by atoms with E-state index in [2.05, 4.69) is 20.0 Å². The van der Waals surface area contributed by atoms with Crippen molar-refractivity contribution in [2.75, 3.05) is 18.8 Å². The van der Waals surface area contributed by atoms with Gasteiger partial charge in [0.05, 0.1) is 10.6 Å². The SMILES string of the molecule is CN=CC(=CN)SNc1nc(Oc2ccc(C(=O)NC)cc2C)cc(-c2c(C)cccc2C)n1. The monoisotopic (exact) mass is 476 g/mol. The number of aromatic nitrogens is 2. The highest BCUT2D eigenvalue weighted by atomic mass is 32.2. The summed E-state index contributed by atoms with van der Waals surface area (Å²) in [6.07, 6.45) is 3.09. The number of nitrogens with one attached hydrogen (secondary N) is 2. The number of amides is 1. The summed E-state index contributed by atoms with van der Waals surface area (Å²) in [5.74, 6) is 1.17. The normalized spacial score (nSPS) is 11.5. The molecule has 0 atom stereocenters. The Morgan fingerprint density at radius 3 is 2.44 bits per heavy atom. The largest absolute Gasteiger partial charge is 0.439 e. The van der Waals surface area contributed by atoms with E-state index in [4.69, 9.17) is 15.5 Å². The predicted molar refractivity (Wildman–Crippen MR) is 139 cm³/mol. The van der Waals surface area contributed by atoms with Crippen molar-refractivity contribution in [3.05, 3.63) is 75.8 Å². The fraction of sp³-hybridized carbons (Fsp3) is 0.200. The fourth-order valence-corrected chi connectivity index (χ4v) is 3.89. The van der Waals surface area contributed by atoms with Crippen LogP contribution >= 0.6 is 11.9 Å². The van der Waals surface area contributed by atoms with E-state index in [-0.39, 0.29) is 5.91 Å². The summed E-state index contributed by atoms with van der Waals surface area (Å²) < 4.78 is 9.27. The van der Waals surface area contributed by atoms with E-state index in [1.54, 1.807) is 38.5 Å². The Morgan fingerprint density at radius 2 is 1.82 bits per heavy atom. The molecular formula is C25H28N6O2S. The van der Waals surface area contributed by atoms with Gasteiger partial charge in [-0.25, -0.2) is 4.98 Å². The molecule has 9 heteroatoms. The molecule has 8 nitrogen and oxygen atoms in total. The fourth-order valence-electron chi connectivity index (χ4n) is 3.37. The van der Waals surface area contributed by atoms with Crippen molar-refractivity contribution in [3.8, 4) is 22.9 Å². The van der Waals surface area contributed by atoms with Gasteiger partial charge in [0.2, 0.25) is 11.8 Å². The lowest BCUT2D eigenvalue weighted by molar-refractivity contribution is 0.0963. The number of aryl methyl sites for hydroxylation is 3. The van der Waals surface area contributed by atoms with Crippen LogP contribution in [0.15, 0.2) is 58.6 Å². The van der Waals surface area contributed by atoms with Crippen molar-refractivity contribution in [3.63, 3.8) is 0 Å². The quantitative estimate of drug-likeness (QED) is 0.316. The van der Waals surface area contributed by atoms with Crippen molar-refractivity contribution in [1.29, 1.82) is 0 Å². The number of hydrogen-bond donors (Lipinski definition) is 3. The van der Waals surface area contributed by atoms with E-state index in [1.807, 2.05) is 45.0 Å². The number of ether oxygens (including phenoxy) is 1. The molecular weight excluding hydrogens is 448 g/mol. The first kappa shape index (κ1) is 24.8. The number of nitrogens with two attached hydrogens (primary N) is 1. The minimum atomic E-state index is -0.156. The summed E-state index contributed by atoms with van der Waals surface area (Å²) >= 11 is 1.25. The van der Waals surface area contributed by atoms with Gasteiger partial charge in [-0.1, -0.05) is 18.2 Å². The maximum absolute atomic E-state index is 11.9. The second-order valence-corrected chi connectivity index (χ2v) is 8.38. The van der Waals surface area contributed by atoms with Crippen molar-refractivity contribution in [2.45, 2.75) is 20.8 Å². The smallest absolute Gasteiger partial charge is 0.251 e. The van der Waals surface area contributed by atoms with Crippen LogP contribution in [0.5, 0.6) is 11.6 Å². The van der Waals surface area contributed by atoms with E-state index in [0.29, 0.717) is 28.0 Å². The van der Waals surface area contributed by atoms with Crippen LogP contribution in [0, 0.1) is 20.8 Å². The molecule has 2 aromatic carbocycles. The second kappa shape index (κ2) is 11.3. The molecule has 1 amide bonds. The molecule has 3 rings (SSSR count). The van der Waals surface area contributed by atoms with Crippen LogP contribution in [0.4, 0.5) is 5.95 Å². The number of nitrogens with zero attached hydrogens (tertiary/aromatic N) is 3. The molecule has 0 bridgehead atoms. The number of hydrogen-bond acceptors (Lipinski definition) is 8. The lowest BCUT2D eigenvalue weighted by atomic mass is 10.00. The van der Waals surface area contributed by atoms with Gasteiger partial charge >= 0.3 is 0 Å². The minimum absolute atomic E-state index is 0.156. The molecule has 1 heterocycles. The third kappa shape index (κ3) is 5.93. The van der Waals surface area contributed by atoms with Crippen LogP contribution in [0.2, 0.25) is 0 Å². The molecule has 0 saturated carbocycles. The van der Waals surface area contributed by atoms with Crippen LogP contribution in [0.3, 0.4) is 0 Å². The van der Waals surface area contributed by atoms with Gasteiger partial charge in [0.25, 0.3) is 5.91 Å². The summed E-state index contributed by atoms with van der Waals surface area (Å²) in [5, 5.41) is 2.62. The highest BCUT2D eigenvalue weighted by Gasteiger charge is 2.14. The molecule has 4 N–H and O–H groups in total. The van der Waals surface area contributed by atoms with Crippen molar-refractivity contribution >= 4 is 30.0 Å². The van der Waals surface area contributed by atoms with Gasteiger partial charge in [-0.15, -0.1) is 0 Å². The summed E-state index contributed by atoms with van der Waals surface area (Å²) in [6.45, 7) is 5.97. The van der Waals surface area contributed by atoms with E-state index < -0.39 is 0 Å². The van der Waals surface area contributed by atoms with Gasteiger partial charge in [-0.2, -0.15) is 4.98 Å². The first-order chi connectivity index (χ1) is 16.4. The number of rotatable bonds is 8. The molecule has 0 aliphatic carbocycles.